The van der Waals surface area contributed by atoms with Crippen molar-refractivity contribution in [3.05, 3.63) is 33.8 Å². The predicted molar refractivity (Wildman–Crippen MR) is 78.9 cm³/mol. The molecule has 2 nitrogen and oxygen atoms in total. The van der Waals surface area contributed by atoms with Gasteiger partial charge in [-0.15, -0.1) is 12.4 Å². The summed E-state index contributed by atoms with van der Waals surface area (Å²) in [5.74, 6) is 0.223. The first kappa shape index (κ1) is 17.8. The number of hydrogen-bond donors (Lipinski definition) is 2. The lowest BCUT2D eigenvalue weighted by Gasteiger charge is -2.29. The summed E-state index contributed by atoms with van der Waals surface area (Å²) in [7, 11) is 0. The van der Waals surface area contributed by atoms with E-state index in [0.29, 0.717) is 10.0 Å². The highest BCUT2D eigenvalue weighted by atomic mass is 79.9. The fourth-order valence-corrected chi connectivity index (χ4v) is 2.94. The molecule has 1 atom stereocenters. The van der Waals surface area contributed by atoms with Crippen molar-refractivity contribution in [1.82, 2.24) is 5.32 Å². The Morgan fingerprint density at radius 3 is 2.40 bits per heavy atom. The number of piperidine rings is 1. The van der Waals surface area contributed by atoms with E-state index < -0.39 is 11.7 Å². The molecule has 0 aliphatic carbocycles. The summed E-state index contributed by atoms with van der Waals surface area (Å²) in [6.45, 7) is 1.74. The highest BCUT2D eigenvalue weighted by Gasteiger charge is 2.32. The Kier molecular flexibility index (Phi) is 6.31. The monoisotopic (exact) mass is 372 g/mol. The second-order valence-electron chi connectivity index (χ2n) is 4.85. The number of benzene rings is 1. The van der Waals surface area contributed by atoms with Crippen molar-refractivity contribution >= 4 is 28.3 Å². The standard InChI is InChI=1S/C13H16BrF3N2.ClH/c14-11-2-1-9(13(15,16)17)7-10(11)12(18)8-3-5-19-6-4-8;/h1-2,7-8,12,19H,3-6,18H2;1H/t12-;/m1./s1. The summed E-state index contributed by atoms with van der Waals surface area (Å²) >= 11 is 3.30. The maximum absolute atomic E-state index is 12.7. The Labute approximate surface area is 130 Å². The van der Waals surface area contributed by atoms with Crippen LogP contribution in [0.3, 0.4) is 0 Å². The first-order chi connectivity index (χ1) is 8.89. The first-order valence-electron chi connectivity index (χ1n) is 6.22. The molecule has 1 saturated heterocycles. The average molecular weight is 374 g/mol. The maximum atomic E-state index is 12.7. The molecule has 2 rings (SSSR count). The Morgan fingerprint density at radius 2 is 1.85 bits per heavy atom. The molecule has 0 aromatic heterocycles. The van der Waals surface area contributed by atoms with Crippen LogP contribution in [0.25, 0.3) is 0 Å². The van der Waals surface area contributed by atoms with Crippen LogP contribution in [0.2, 0.25) is 0 Å². The van der Waals surface area contributed by atoms with Gasteiger partial charge in [-0.2, -0.15) is 13.2 Å². The van der Waals surface area contributed by atoms with Gasteiger partial charge in [0.2, 0.25) is 0 Å². The second-order valence-corrected chi connectivity index (χ2v) is 5.70. The predicted octanol–water partition coefficient (Wildman–Crippen LogP) is 3.89. The van der Waals surface area contributed by atoms with Crippen molar-refractivity contribution < 1.29 is 13.2 Å². The van der Waals surface area contributed by atoms with Gasteiger partial charge in [0, 0.05) is 10.5 Å². The number of halogens is 5. The molecule has 1 aromatic carbocycles. The summed E-state index contributed by atoms with van der Waals surface area (Å²) in [6, 6.07) is 3.30. The number of nitrogens with one attached hydrogen (secondary N) is 1. The number of rotatable bonds is 2. The molecule has 1 aromatic rings. The third-order valence-electron chi connectivity index (χ3n) is 3.57. The summed E-state index contributed by atoms with van der Waals surface area (Å²) in [5, 5.41) is 3.22. The zero-order chi connectivity index (χ0) is 14.0. The van der Waals surface area contributed by atoms with E-state index in [-0.39, 0.29) is 24.4 Å². The van der Waals surface area contributed by atoms with Crippen LogP contribution >= 0.6 is 28.3 Å². The van der Waals surface area contributed by atoms with Crippen LogP contribution in [0.4, 0.5) is 13.2 Å². The van der Waals surface area contributed by atoms with E-state index in [1.54, 1.807) is 0 Å². The van der Waals surface area contributed by atoms with E-state index in [9.17, 15) is 13.2 Å². The SMILES string of the molecule is Cl.N[C@@H](c1cc(C(F)(F)F)ccc1Br)C1CCNCC1. The molecule has 0 bridgehead atoms. The van der Waals surface area contributed by atoms with E-state index in [1.165, 1.54) is 6.07 Å². The second kappa shape index (κ2) is 7.11. The minimum atomic E-state index is -4.33. The lowest BCUT2D eigenvalue weighted by atomic mass is 9.86. The smallest absolute Gasteiger partial charge is 0.324 e. The van der Waals surface area contributed by atoms with Crippen molar-refractivity contribution in [2.75, 3.05) is 13.1 Å². The van der Waals surface area contributed by atoms with Gasteiger partial charge in [0.1, 0.15) is 0 Å². The summed E-state index contributed by atoms with van der Waals surface area (Å²) in [5.41, 5.74) is 6.06. The van der Waals surface area contributed by atoms with Crippen molar-refractivity contribution in [1.29, 1.82) is 0 Å². The molecule has 0 unspecified atom stereocenters. The first-order valence-corrected chi connectivity index (χ1v) is 7.02. The Hall–Kier alpha value is -0.300. The minimum Gasteiger partial charge on any atom is -0.324 e. The molecule has 0 saturated carbocycles. The van der Waals surface area contributed by atoms with Gasteiger partial charge in [-0.05, 0) is 55.6 Å². The van der Waals surface area contributed by atoms with Crippen LogP contribution in [0.15, 0.2) is 22.7 Å². The zero-order valence-corrected chi connectivity index (χ0v) is 13.1. The fraction of sp³-hybridized carbons (Fsp3) is 0.538. The van der Waals surface area contributed by atoms with Crippen LogP contribution in [0.5, 0.6) is 0 Å². The van der Waals surface area contributed by atoms with E-state index in [0.717, 1.165) is 38.1 Å². The quantitative estimate of drug-likeness (QED) is 0.825. The maximum Gasteiger partial charge on any atom is 0.416 e. The minimum absolute atomic E-state index is 0. The molecular weight excluding hydrogens is 357 g/mol. The normalized spacial score (nSPS) is 18.4. The van der Waals surface area contributed by atoms with Crippen LogP contribution in [0, 0.1) is 5.92 Å². The topological polar surface area (TPSA) is 38.0 Å². The van der Waals surface area contributed by atoms with Crippen LogP contribution in [-0.2, 0) is 6.18 Å². The third kappa shape index (κ3) is 4.10. The van der Waals surface area contributed by atoms with Crippen LogP contribution < -0.4 is 11.1 Å². The number of hydrogen-bond acceptors (Lipinski definition) is 2. The van der Waals surface area contributed by atoms with Crippen molar-refractivity contribution in [3.8, 4) is 0 Å². The Bertz CT molecular complexity index is 448. The van der Waals surface area contributed by atoms with Gasteiger partial charge in [-0.3, -0.25) is 0 Å². The molecule has 7 heteroatoms. The summed E-state index contributed by atoms with van der Waals surface area (Å²) in [6.07, 6.45) is -2.54. The fourth-order valence-electron chi connectivity index (χ4n) is 2.43. The third-order valence-corrected chi connectivity index (χ3v) is 4.30. The van der Waals surface area contributed by atoms with E-state index in [1.807, 2.05) is 0 Å². The highest BCUT2D eigenvalue weighted by Crippen LogP contribution is 2.36. The van der Waals surface area contributed by atoms with Gasteiger partial charge in [-0.1, -0.05) is 15.9 Å². The molecule has 1 fully saturated rings. The largest absolute Gasteiger partial charge is 0.416 e. The molecule has 0 radical (unpaired) electrons. The van der Waals surface area contributed by atoms with Gasteiger partial charge >= 0.3 is 6.18 Å². The zero-order valence-electron chi connectivity index (χ0n) is 10.7. The lowest BCUT2D eigenvalue weighted by molar-refractivity contribution is -0.137. The Balaban J connectivity index is 0.00000200. The molecule has 114 valence electrons. The molecule has 1 aliphatic rings. The molecule has 0 spiro atoms. The van der Waals surface area contributed by atoms with Gasteiger partial charge < -0.3 is 11.1 Å². The molecule has 20 heavy (non-hydrogen) atoms. The van der Waals surface area contributed by atoms with Gasteiger partial charge in [-0.25, -0.2) is 0 Å². The lowest BCUT2D eigenvalue weighted by Crippen LogP contribution is -2.34. The summed E-state index contributed by atoms with van der Waals surface area (Å²) < 4.78 is 38.9. The summed E-state index contributed by atoms with van der Waals surface area (Å²) in [4.78, 5) is 0. The van der Waals surface area contributed by atoms with Crippen molar-refractivity contribution in [3.63, 3.8) is 0 Å². The highest BCUT2D eigenvalue weighted by molar-refractivity contribution is 9.10. The molecule has 1 aliphatic heterocycles. The van der Waals surface area contributed by atoms with Gasteiger partial charge in [0.25, 0.3) is 0 Å². The van der Waals surface area contributed by atoms with E-state index in [4.69, 9.17) is 5.73 Å². The van der Waals surface area contributed by atoms with E-state index in [2.05, 4.69) is 21.2 Å². The average Bonchev–Trinajstić information content (AvgIpc) is 2.38. The molecular formula is C13H17BrClF3N2. The van der Waals surface area contributed by atoms with Gasteiger partial charge in [0.15, 0.2) is 0 Å². The van der Waals surface area contributed by atoms with E-state index >= 15 is 0 Å². The van der Waals surface area contributed by atoms with Crippen molar-refractivity contribution in [2.45, 2.75) is 25.1 Å². The molecule has 0 amide bonds. The molecule has 3 N–H and O–H groups in total. The van der Waals surface area contributed by atoms with Crippen LogP contribution in [-0.4, -0.2) is 13.1 Å². The number of nitrogens with two attached hydrogens (primary N) is 1. The van der Waals surface area contributed by atoms with Crippen molar-refractivity contribution in [2.24, 2.45) is 11.7 Å². The van der Waals surface area contributed by atoms with Crippen LogP contribution in [0.1, 0.15) is 30.0 Å². The Morgan fingerprint density at radius 1 is 1.25 bits per heavy atom. The molecule has 1 heterocycles. The van der Waals surface area contributed by atoms with Gasteiger partial charge in [0.05, 0.1) is 5.56 Å². The number of alkyl halides is 3.